The first-order valence-electron chi connectivity index (χ1n) is 8.24. The summed E-state index contributed by atoms with van der Waals surface area (Å²) >= 11 is 3.41. The zero-order valence-electron chi connectivity index (χ0n) is 13.1. The highest BCUT2D eigenvalue weighted by molar-refractivity contribution is 7.33. The first-order chi connectivity index (χ1) is 11.3. The number of amides is 1. The Balaban J connectivity index is 0.00000146. The Bertz CT molecular complexity index is 891. The fraction of sp³-hybridized carbons (Fsp3) is 0.389. The molecule has 2 aliphatic rings. The van der Waals surface area contributed by atoms with Crippen molar-refractivity contribution in [2.24, 2.45) is 0 Å². The van der Waals surface area contributed by atoms with Crippen LogP contribution in [0.4, 0.5) is 0 Å². The first kappa shape index (κ1) is 16.3. The van der Waals surface area contributed by atoms with Crippen LogP contribution in [0.5, 0.6) is 0 Å². The Morgan fingerprint density at radius 2 is 1.83 bits per heavy atom. The average molecular weight is 379 g/mol. The Labute approximate surface area is 154 Å². The number of carbonyl (C=O) groups is 1. The van der Waals surface area contributed by atoms with E-state index in [1.165, 1.54) is 32.3 Å². The van der Waals surface area contributed by atoms with Crippen LogP contribution in [0.1, 0.15) is 35.4 Å². The zero-order chi connectivity index (χ0) is 15.4. The summed E-state index contributed by atoms with van der Waals surface area (Å²) < 4.78 is 3.78. The van der Waals surface area contributed by atoms with Gasteiger partial charge in [0.25, 0.3) is 5.91 Å². The molecular formula is C18H19ClN2OS2. The smallest absolute Gasteiger partial charge is 0.261 e. The molecule has 5 rings (SSSR count). The van der Waals surface area contributed by atoms with Gasteiger partial charge in [-0.15, -0.1) is 35.1 Å². The van der Waals surface area contributed by atoms with E-state index in [4.69, 9.17) is 0 Å². The van der Waals surface area contributed by atoms with E-state index in [9.17, 15) is 4.79 Å². The Kier molecular flexibility index (Phi) is 4.29. The fourth-order valence-electron chi connectivity index (χ4n) is 4.04. The quantitative estimate of drug-likeness (QED) is 0.686. The lowest BCUT2D eigenvalue weighted by atomic mass is 10.00. The van der Waals surface area contributed by atoms with Crippen molar-refractivity contribution in [2.45, 2.75) is 43.8 Å². The van der Waals surface area contributed by atoms with Gasteiger partial charge in [-0.05, 0) is 37.8 Å². The van der Waals surface area contributed by atoms with Crippen molar-refractivity contribution in [3.8, 4) is 0 Å². The average Bonchev–Trinajstić information content (AvgIpc) is 3.19. The molecular weight excluding hydrogens is 360 g/mol. The molecule has 2 unspecified atom stereocenters. The van der Waals surface area contributed by atoms with Crippen LogP contribution in [0.2, 0.25) is 0 Å². The maximum absolute atomic E-state index is 12.6. The number of hydrogen-bond acceptors (Lipinski definition) is 4. The van der Waals surface area contributed by atoms with Crippen LogP contribution in [0.15, 0.2) is 30.3 Å². The van der Waals surface area contributed by atoms with Crippen LogP contribution in [0.3, 0.4) is 0 Å². The lowest BCUT2D eigenvalue weighted by molar-refractivity contribution is 0.0928. The molecule has 2 saturated heterocycles. The molecule has 126 valence electrons. The molecule has 2 aromatic heterocycles. The SMILES string of the molecule is Cl.O=C(NC1CC2CCC(C1)N2)c1cc2sc3ccccc3c2s1. The standard InChI is InChI=1S/C18H18N2OS2.ClH/c21-18(20-12-7-10-5-6-11(8-12)19-10)16-9-15-17(23-16)13-3-1-2-4-14(13)22-15;/h1-4,9-12,19H,5-8H2,(H,20,21);1H. The van der Waals surface area contributed by atoms with Crippen molar-refractivity contribution in [1.82, 2.24) is 10.6 Å². The number of nitrogens with one attached hydrogen (secondary N) is 2. The number of thiophene rings is 2. The van der Waals surface area contributed by atoms with Gasteiger partial charge in [-0.3, -0.25) is 4.79 Å². The topological polar surface area (TPSA) is 41.1 Å². The van der Waals surface area contributed by atoms with Crippen LogP contribution < -0.4 is 10.6 Å². The lowest BCUT2D eigenvalue weighted by Crippen LogP contribution is -2.47. The predicted octanol–water partition coefficient (Wildman–Crippen LogP) is 4.55. The minimum absolute atomic E-state index is 0. The number of piperidine rings is 1. The van der Waals surface area contributed by atoms with E-state index in [0.717, 1.165) is 17.7 Å². The molecule has 2 aliphatic heterocycles. The van der Waals surface area contributed by atoms with Crippen molar-refractivity contribution in [2.75, 3.05) is 0 Å². The van der Waals surface area contributed by atoms with Gasteiger partial charge in [-0.25, -0.2) is 0 Å². The molecule has 0 radical (unpaired) electrons. The van der Waals surface area contributed by atoms with Gasteiger partial charge >= 0.3 is 0 Å². The molecule has 2 atom stereocenters. The summed E-state index contributed by atoms with van der Waals surface area (Å²) in [6, 6.07) is 12.0. The number of carbonyl (C=O) groups excluding carboxylic acids is 1. The third-order valence-corrected chi connectivity index (χ3v) is 7.50. The maximum Gasteiger partial charge on any atom is 0.261 e. The van der Waals surface area contributed by atoms with Gasteiger partial charge in [-0.2, -0.15) is 0 Å². The molecule has 1 aromatic carbocycles. The molecule has 3 nitrogen and oxygen atoms in total. The van der Waals surface area contributed by atoms with E-state index < -0.39 is 0 Å². The largest absolute Gasteiger partial charge is 0.348 e. The third-order valence-electron chi connectivity index (χ3n) is 5.08. The van der Waals surface area contributed by atoms with Crippen LogP contribution >= 0.6 is 35.1 Å². The fourth-order valence-corrected chi connectivity index (χ4v) is 6.47. The molecule has 0 saturated carbocycles. The van der Waals surface area contributed by atoms with Crippen molar-refractivity contribution >= 4 is 60.5 Å². The van der Waals surface area contributed by atoms with E-state index in [0.29, 0.717) is 18.1 Å². The van der Waals surface area contributed by atoms with Gasteiger partial charge in [0, 0.05) is 32.9 Å². The molecule has 2 fully saturated rings. The predicted molar refractivity (Wildman–Crippen MR) is 105 cm³/mol. The molecule has 0 spiro atoms. The van der Waals surface area contributed by atoms with E-state index in [2.05, 4.69) is 41.0 Å². The number of halogens is 1. The van der Waals surface area contributed by atoms with Crippen molar-refractivity contribution in [1.29, 1.82) is 0 Å². The Morgan fingerprint density at radius 1 is 1.08 bits per heavy atom. The molecule has 0 aliphatic carbocycles. The zero-order valence-corrected chi connectivity index (χ0v) is 15.5. The van der Waals surface area contributed by atoms with Crippen molar-refractivity contribution in [3.05, 3.63) is 35.2 Å². The van der Waals surface area contributed by atoms with Gasteiger partial charge in [0.15, 0.2) is 0 Å². The molecule has 2 bridgehead atoms. The highest BCUT2D eigenvalue weighted by Crippen LogP contribution is 2.39. The third kappa shape index (κ3) is 2.73. The summed E-state index contributed by atoms with van der Waals surface area (Å²) in [5.41, 5.74) is 0. The van der Waals surface area contributed by atoms with Gasteiger partial charge in [0.05, 0.1) is 9.58 Å². The molecule has 3 aromatic rings. The van der Waals surface area contributed by atoms with Gasteiger partial charge in [0.1, 0.15) is 0 Å². The van der Waals surface area contributed by atoms with Crippen LogP contribution in [-0.4, -0.2) is 24.0 Å². The van der Waals surface area contributed by atoms with E-state index >= 15 is 0 Å². The minimum atomic E-state index is 0. The highest BCUT2D eigenvalue weighted by Gasteiger charge is 2.34. The maximum atomic E-state index is 12.6. The van der Waals surface area contributed by atoms with Crippen LogP contribution in [0.25, 0.3) is 19.5 Å². The van der Waals surface area contributed by atoms with Gasteiger partial charge in [-0.1, -0.05) is 18.2 Å². The molecule has 6 heteroatoms. The monoisotopic (exact) mass is 378 g/mol. The summed E-state index contributed by atoms with van der Waals surface area (Å²) in [5, 5.41) is 8.17. The van der Waals surface area contributed by atoms with E-state index in [1.807, 2.05) is 0 Å². The number of rotatable bonds is 2. The highest BCUT2D eigenvalue weighted by atomic mass is 35.5. The summed E-state index contributed by atoms with van der Waals surface area (Å²) in [5.74, 6) is 0.105. The molecule has 24 heavy (non-hydrogen) atoms. The second kappa shape index (κ2) is 6.30. The van der Waals surface area contributed by atoms with E-state index in [-0.39, 0.29) is 18.3 Å². The van der Waals surface area contributed by atoms with E-state index in [1.54, 1.807) is 22.7 Å². The second-order valence-electron chi connectivity index (χ2n) is 6.68. The summed E-state index contributed by atoms with van der Waals surface area (Å²) in [6.07, 6.45) is 4.67. The summed E-state index contributed by atoms with van der Waals surface area (Å²) in [6.45, 7) is 0. The van der Waals surface area contributed by atoms with Crippen LogP contribution in [0, 0.1) is 0 Å². The normalized spacial score (nSPS) is 25.8. The van der Waals surface area contributed by atoms with Gasteiger partial charge < -0.3 is 10.6 Å². The van der Waals surface area contributed by atoms with Crippen LogP contribution in [-0.2, 0) is 0 Å². The van der Waals surface area contributed by atoms with Crippen molar-refractivity contribution < 1.29 is 4.79 Å². The summed E-state index contributed by atoms with van der Waals surface area (Å²) in [4.78, 5) is 13.5. The molecule has 1 amide bonds. The molecule has 4 heterocycles. The Hall–Kier alpha value is -1.14. The first-order valence-corrected chi connectivity index (χ1v) is 9.87. The minimum Gasteiger partial charge on any atom is -0.348 e. The van der Waals surface area contributed by atoms with Gasteiger partial charge in [0.2, 0.25) is 0 Å². The Morgan fingerprint density at radius 3 is 2.62 bits per heavy atom. The number of fused-ring (bicyclic) bond motifs is 5. The molecule has 2 N–H and O–H groups in total. The summed E-state index contributed by atoms with van der Waals surface area (Å²) in [7, 11) is 0. The van der Waals surface area contributed by atoms with Crippen molar-refractivity contribution in [3.63, 3.8) is 0 Å². The second-order valence-corrected chi connectivity index (χ2v) is 8.82. The number of hydrogen-bond donors (Lipinski definition) is 2. The lowest BCUT2D eigenvalue weighted by Gasteiger charge is -2.29. The number of benzene rings is 1.